The first-order valence-electron chi connectivity index (χ1n) is 6.78. The molecule has 0 fully saturated rings. The molecule has 0 bridgehead atoms. The Bertz CT molecular complexity index is 763. The van der Waals surface area contributed by atoms with Crippen molar-refractivity contribution in [3.05, 3.63) is 64.1 Å². The van der Waals surface area contributed by atoms with Crippen LogP contribution in [0.1, 0.15) is 20.7 Å². The van der Waals surface area contributed by atoms with Crippen LogP contribution in [0.25, 0.3) is 0 Å². The molecule has 0 atom stereocenters. The van der Waals surface area contributed by atoms with Gasteiger partial charge in [0.25, 0.3) is 11.8 Å². The molecule has 2 amide bonds. The highest BCUT2D eigenvalue weighted by atomic mass is 79.9. The van der Waals surface area contributed by atoms with Gasteiger partial charge in [0.1, 0.15) is 6.54 Å². The molecular formula is C16H12BrF3N2O2. The maximum atomic E-state index is 12.3. The van der Waals surface area contributed by atoms with Gasteiger partial charge in [0, 0.05) is 4.47 Å². The Hall–Kier alpha value is -2.35. The molecule has 0 aliphatic rings. The predicted octanol–water partition coefficient (Wildman–Crippen LogP) is 3.99. The van der Waals surface area contributed by atoms with Gasteiger partial charge in [0.15, 0.2) is 0 Å². The van der Waals surface area contributed by atoms with E-state index in [4.69, 9.17) is 0 Å². The molecule has 0 aromatic heterocycles. The highest BCUT2D eigenvalue weighted by molar-refractivity contribution is 9.10. The largest absolute Gasteiger partial charge is 0.405 e. The lowest BCUT2D eigenvalue weighted by Crippen LogP contribution is -2.34. The Labute approximate surface area is 144 Å². The third-order valence-corrected chi connectivity index (χ3v) is 3.68. The van der Waals surface area contributed by atoms with E-state index in [2.05, 4.69) is 21.2 Å². The molecule has 24 heavy (non-hydrogen) atoms. The summed E-state index contributed by atoms with van der Waals surface area (Å²) in [6.07, 6.45) is -4.51. The van der Waals surface area contributed by atoms with E-state index in [1.54, 1.807) is 35.6 Å². The molecule has 2 aromatic carbocycles. The summed E-state index contributed by atoms with van der Waals surface area (Å²) in [6.45, 7) is -1.45. The highest BCUT2D eigenvalue weighted by Crippen LogP contribution is 2.20. The third kappa shape index (κ3) is 4.82. The lowest BCUT2D eigenvalue weighted by Gasteiger charge is -2.13. The zero-order valence-electron chi connectivity index (χ0n) is 12.2. The number of rotatable bonds is 4. The van der Waals surface area contributed by atoms with Crippen LogP contribution in [0.5, 0.6) is 0 Å². The standard InChI is InChI=1S/C16H12BrF3N2O2/c17-12-7-3-1-5-10(12)15(24)22-13-8-4-2-6-11(13)14(23)21-9-16(18,19)20/h1-8H,9H2,(H,21,23)(H,22,24). The van der Waals surface area contributed by atoms with Gasteiger partial charge in [-0.1, -0.05) is 24.3 Å². The minimum absolute atomic E-state index is 0.0536. The van der Waals surface area contributed by atoms with E-state index in [0.717, 1.165) is 0 Å². The molecule has 2 aromatic rings. The van der Waals surface area contributed by atoms with Crippen molar-refractivity contribution in [3.63, 3.8) is 0 Å². The van der Waals surface area contributed by atoms with Crippen molar-refractivity contribution >= 4 is 33.4 Å². The minimum Gasteiger partial charge on any atom is -0.343 e. The summed E-state index contributed by atoms with van der Waals surface area (Å²) in [6, 6.07) is 12.5. The van der Waals surface area contributed by atoms with Crippen molar-refractivity contribution in [2.45, 2.75) is 6.18 Å². The second-order valence-electron chi connectivity index (χ2n) is 4.78. The Balaban J connectivity index is 2.18. The van der Waals surface area contributed by atoms with Crippen LogP contribution in [0, 0.1) is 0 Å². The number of carbonyl (C=O) groups is 2. The molecule has 0 saturated heterocycles. The second-order valence-corrected chi connectivity index (χ2v) is 5.63. The number of nitrogens with one attached hydrogen (secondary N) is 2. The molecule has 2 N–H and O–H groups in total. The van der Waals surface area contributed by atoms with Gasteiger partial charge in [-0.3, -0.25) is 9.59 Å². The van der Waals surface area contributed by atoms with Crippen LogP contribution in [0.3, 0.4) is 0 Å². The maximum Gasteiger partial charge on any atom is 0.405 e. The van der Waals surface area contributed by atoms with E-state index in [1.165, 1.54) is 18.2 Å². The maximum absolute atomic E-state index is 12.3. The fourth-order valence-corrected chi connectivity index (χ4v) is 2.37. The number of anilines is 1. The van der Waals surface area contributed by atoms with E-state index < -0.39 is 24.5 Å². The number of alkyl halides is 3. The van der Waals surface area contributed by atoms with E-state index in [1.807, 2.05) is 0 Å². The normalized spacial score (nSPS) is 11.0. The molecule has 4 nitrogen and oxygen atoms in total. The number of hydrogen-bond acceptors (Lipinski definition) is 2. The van der Waals surface area contributed by atoms with Crippen molar-refractivity contribution in [2.24, 2.45) is 0 Å². The van der Waals surface area contributed by atoms with Crippen LogP contribution in [-0.4, -0.2) is 24.5 Å². The average Bonchev–Trinajstić information content (AvgIpc) is 2.53. The summed E-state index contributed by atoms with van der Waals surface area (Å²) in [4.78, 5) is 24.2. The number of amides is 2. The molecular weight excluding hydrogens is 389 g/mol. The summed E-state index contributed by atoms with van der Waals surface area (Å²) < 4.78 is 37.2. The van der Waals surface area contributed by atoms with Gasteiger partial charge in [-0.05, 0) is 40.2 Å². The summed E-state index contributed by atoms with van der Waals surface area (Å²) in [7, 11) is 0. The SMILES string of the molecule is O=C(Nc1ccccc1C(=O)NCC(F)(F)F)c1ccccc1Br. The van der Waals surface area contributed by atoms with Crippen molar-refractivity contribution < 1.29 is 22.8 Å². The monoisotopic (exact) mass is 400 g/mol. The molecule has 0 heterocycles. The lowest BCUT2D eigenvalue weighted by molar-refractivity contribution is -0.123. The van der Waals surface area contributed by atoms with Gasteiger partial charge in [0.05, 0.1) is 16.8 Å². The summed E-state index contributed by atoms with van der Waals surface area (Å²) in [5.41, 5.74) is 0.406. The fraction of sp³-hybridized carbons (Fsp3) is 0.125. The molecule has 8 heteroatoms. The van der Waals surface area contributed by atoms with Crippen molar-refractivity contribution in [1.82, 2.24) is 5.32 Å². The first-order valence-corrected chi connectivity index (χ1v) is 7.57. The molecule has 0 unspecified atom stereocenters. The zero-order chi connectivity index (χ0) is 17.7. The van der Waals surface area contributed by atoms with E-state index >= 15 is 0 Å². The molecule has 0 saturated carbocycles. The quantitative estimate of drug-likeness (QED) is 0.814. The van der Waals surface area contributed by atoms with Crippen LogP contribution < -0.4 is 10.6 Å². The van der Waals surface area contributed by atoms with Gasteiger partial charge < -0.3 is 10.6 Å². The lowest BCUT2D eigenvalue weighted by atomic mass is 10.1. The Kier molecular flexibility index (Phi) is 5.61. The van der Waals surface area contributed by atoms with E-state index in [-0.39, 0.29) is 11.3 Å². The first-order chi connectivity index (χ1) is 11.3. The first kappa shape index (κ1) is 18.0. The molecule has 2 rings (SSSR count). The molecule has 126 valence electrons. The average molecular weight is 401 g/mol. The van der Waals surface area contributed by atoms with Gasteiger partial charge in [-0.2, -0.15) is 13.2 Å². The van der Waals surface area contributed by atoms with Crippen molar-refractivity contribution in [2.75, 3.05) is 11.9 Å². The second kappa shape index (κ2) is 7.48. The topological polar surface area (TPSA) is 58.2 Å². The minimum atomic E-state index is -4.51. The van der Waals surface area contributed by atoms with E-state index in [0.29, 0.717) is 10.0 Å². The highest BCUT2D eigenvalue weighted by Gasteiger charge is 2.28. The van der Waals surface area contributed by atoms with Crippen LogP contribution in [-0.2, 0) is 0 Å². The summed E-state index contributed by atoms with van der Waals surface area (Å²) in [5.74, 6) is -1.41. The molecule has 0 aliphatic heterocycles. The van der Waals surface area contributed by atoms with E-state index in [9.17, 15) is 22.8 Å². The Morgan fingerprint density at radius 2 is 1.50 bits per heavy atom. The number of carbonyl (C=O) groups excluding carboxylic acids is 2. The van der Waals surface area contributed by atoms with Crippen LogP contribution >= 0.6 is 15.9 Å². The number of benzene rings is 2. The molecule has 0 spiro atoms. The molecule has 0 aliphatic carbocycles. The molecule has 0 radical (unpaired) electrons. The predicted molar refractivity (Wildman–Crippen MR) is 86.9 cm³/mol. The van der Waals surface area contributed by atoms with Crippen molar-refractivity contribution in [3.8, 4) is 0 Å². The zero-order valence-corrected chi connectivity index (χ0v) is 13.7. The summed E-state index contributed by atoms with van der Waals surface area (Å²) in [5, 5.41) is 4.31. The van der Waals surface area contributed by atoms with Crippen LogP contribution in [0.4, 0.5) is 18.9 Å². The Morgan fingerprint density at radius 1 is 0.917 bits per heavy atom. The Morgan fingerprint density at radius 3 is 2.12 bits per heavy atom. The fourth-order valence-electron chi connectivity index (χ4n) is 1.90. The van der Waals surface area contributed by atoms with Gasteiger partial charge >= 0.3 is 6.18 Å². The van der Waals surface area contributed by atoms with Crippen molar-refractivity contribution in [1.29, 1.82) is 0 Å². The third-order valence-electron chi connectivity index (χ3n) is 2.99. The van der Waals surface area contributed by atoms with Gasteiger partial charge in [-0.25, -0.2) is 0 Å². The smallest absolute Gasteiger partial charge is 0.343 e. The summed E-state index contributed by atoms with van der Waals surface area (Å²) >= 11 is 3.24. The van der Waals surface area contributed by atoms with Crippen LogP contribution in [0.2, 0.25) is 0 Å². The number of para-hydroxylation sites is 1. The van der Waals surface area contributed by atoms with Gasteiger partial charge in [0.2, 0.25) is 0 Å². The van der Waals surface area contributed by atoms with Gasteiger partial charge in [-0.15, -0.1) is 0 Å². The number of hydrogen-bond donors (Lipinski definition) is 2. The number of halogens is 4. The van der Waals surface area contributed by atoms with Crippen LogP contribution in [0.15, 0.2) is 53.0 Å².